The summed E-state index contributed by atoms with van der Waals surface area (Å²) in [5.41, 5.74) is 3.17. The van der Waals surface area contributed by atoms with E-state index >= 15 is 0 Å². The van der Waals surface area contributed by atoms with Crippen LogP contribution in [0.25, 0.3) is 0 Å². The Morgan fingerprint density at radius 1 is 0.952 bits per heavy atom. The molecule has 0 saturated heterocycles. The molecule has 1 N–H and O–H groups in total. The number of benzene rings is 2. The van der Waals surface area contributed by atoms with Crippen molar-refractivity contribution in [1.82, 2.24) is 0 Å². The van der Waals surface area contributed by atoms with Crippen LogP contribution in [0.2, 0.25) is 0 Å². The van der Waals surface area contributed by atoms with Crippen molar-refractivity contribution in [1.29, 1.82) is 0 Å². The van der Waals surface area contributed by atoms with Crippen LogP contribution < -0.4 is 9.47 Å². The van der Waals surface area contributed by atoms with Gasteiger partial charge in [0.1, 0.15) is 11.5 Å². The van der Waals surface area contributed by atoms with Crippen molar-refractivity contribution in [2.75, 3.05) is 14.2 Å². The molecule has 2 aromatic rings. The molecule has 3 nitrogen and oxygen atoms in total. The van der Waals surface area contributed by atoms with Gasteiger partial charge in [0.15, 0.2) is 0 Å². The molecule has 112 valence electrons. The van der Waals surface area contributed by atoms with Crippen molar-refractivity contribution in [2.45, 2.75) is 25.9 Å². The van der Waals surface area contributed by atoms with E-state index in [-0.39, 0.29) is 0 Å². The average molecular weight is 286 g/mol. The minimum Gasteiger partial charge on any atom is -0.496 e. The van der Waals surface area contributed by atoms with E-state index in [0.29, 0.717) is 17.9 Å². The molecule has 0 amide bonds. The fourth-order valence-corrected chi connectivity index (χ4v) is 2.41. The number of hydrogen-bond acceptors (Lipinski definition) is 3. The molecule has 0 spiro atoms. The van der Waals surface area contributed by atoms with Gasteiger partial charge >= 0.3 is 0 Å². The van der Waals surface area contributed by atoms with E-state index in [1.807, 2.05) is 18.2 Å². The Hall–Kier alpha value is -2.00. The largest absolute Gasteiger partial charge is 0.496 e. The van der Waals surface area contributed by atoms with Crippen LogP contribution in [0.3, 0.4) is 0 Å². The molecule has 0 bridgehead atoms. The van der Waals surface area contributed by atoms with Gasteiger partial charge in [-0.15, -0.1) is 0 Å². The minimum absolute atomic E-state index is 0.614. The van der Waals surface area contributed by atoms with E-state index in [2.05, 4.69) is 31.2 Å². The Balaban J connectivity index is 2.12. The smallest absolute Gasteiger partial charge is 0.128 e. The predicted molar refractivity (Wildman–Crippen MR) is 84.0 cm³/mol. The molecule has 0 radical (unpaired) electrons. The maximum absolute atomic E-state index is 10.5. The summed E-state index contributed by atoms with van der Waals surface area (Å²) in [6, 6.07) is 13.9. The van der Waals surface area contributed by atoms with Gasteiger partial charge in [0.05, 0.1) is 25.9 Å². The van der Waals surface area contributed by atoms with Crippen LogP contribution in [0.15, 0.2) is 42.5 Å². The fraction of sp³-hybridized carbons (Fsp3) is 0.333. The second kappa shape index (κ2) is 7.14. The number of hydrogen-bond donors (Lipinski definition) is 1. The van der Waals surface area contributed by atoms with Crippen LogP contribution in [0, 0.1) is 6.92 Å². The first-order valence-corrected chi connectivity index (χ1v) is 7.10. The summed E-state index contributed by atoms with van der Waals surface area (Å²) in [4.78, 5) is 0. The molecule has 2 rings (SSSR count). The minimum atomic E-state index is -0.614. The van der Waals surface area contributed by atoms with Crippen LogP contribution in [-0.4, -0.2) is 19.3 Å². The van der Waals surface area contributed by atoms with Crippen molar-refractivity contribution in [3.8, 4) is 11.5 Å². The predicted octanol–water partition coefficient (Wildman–Crippen LogP) is 3.68. The van der Waals surface area contributed by atoms with Gasteiger partial charge in [0, 0.05) is 0 Å². The van der Waals surface area contributed by atoms with Crippen molar-refractivity contribution in [2.24, 2.45) is 0 Å². The Morgan fingerprint density at radius 3 is 2.05 bits per heavy atom. The molecular formula is C18H22O3. The highest BCUT2D eigenvalue weighted by Crippen LogP contribution is 2.35. The van der Waals surface area contributed by atoms with Crippen LogP contribution in [-0.2, 0) is 6.42 Å². The summed E-state index contributed by atoms with van der Waals surface area (Å²) in [7, 11) is 3.20. The quantitative estimate of drug-likeness (QED) is 0.880. The summed E-state index contributed by atoms with van der Waals surface area (Å²) in [5.74, 6) is 1.32. The van der Waals surface area contributed by atoms with E-state index in [1.165, 1.54) is 11.1 Å². The Bertz CT molecular complexity index is 553. The molecule has 1 atom stereocenters. The second-order valence-electron chi connectivity index (χ2n) is 5.12. The Morgan fingerprint density at radius 2 is 1.52 bits per heavy atom. The Kier molecular flexibility index (Phi) is 5.23. The molecule has 3 heteroatoms. The zero-order chi connectivity index (χ0) is 15.2. The number of methoxy groups -OCH3 is 2. The first-order chi connectivity index (χ1) is 10.2. The molecule has 0 fully saturated rings. The number of aliphatic hydroxyl groups excluding tert-OH is 1. The van der Waals surface area contributed by atoms with Gasteiger partial charge in [0.25, 0.3) is 0 Å². The third-order valence-corrected chi connectivity index (χ3v) is 3.63. The van der Waals surface area contributed by atoms with Crippen LogP contribution in [0.4, 0.5) is 0 Å². The monoisotopic (exact) mass is 286 g/mol. The van der Waals surface area contributed by atoms with Crippen molar-refractivity contribution in [3.63, 3.8) is 0 Å². The maximum atomic E-state index is 10.5. The lowest BCUT2D eigenvalue weighted by atomic mass is 9.99. The lowest BCUT2D eigenvalue weighted by Crippen LogP contribution is -2.05. The molecule has 0 aliphatic rings. The summed E-state index contributed by atoms with van der Waals surface area (Å²) in [6.07, 6.45) is 0.819. The number of ether oxygens (including phenoxy) is 2. The third kappa shape index (κ3) is 3.76. The summed E-state index contributed by atoms with van der Waals surface area (Å²) in [6.45, 7) is 2.07. The fourth-order valence-electron chi connectivity index (χ4n) is 2.41. The Labute approximate surface area is 126 Å². The van der Waals surface area contributed by atoms with E-state index in [1.54, 1.807) is 14.2 Å². The van der Waals surface area contributed by atoms with E-state index in [0.717, 1.165) is 12.0 Å². The number of rotatable bonds is 6. The molecule has 0 aromatic heterocycles. The second-order valence-corrected chi connectivity index (χ2v) is 5.12. The molecule has 2 aromatic carbocycles. The van der Waals surface area contributed by atoms with Crippen molar-refractivity contribution >= 4 is 0 Å². The molecular weight excluding hydrogens is 264 g/mol. The first kappa shape index (κ1) is 15.4. The maximum Gasteiger partial charge on any atom is 0.128 e. The zero-order valence-electron chi connectivity index (χ0n) is 12.8. The molecule has 0 saturated carbocycles. The van der Waals surface area contributed by atoms with E-state index in [4.69, 9.17) is 9.47 Å². The number of aliphatic hydroxyl groups is 1. The first-order valence-electron chi connectivity index (χ1n) is 7.10. The van der Waals surface area contributed by atoms with Gasteiger partial charge < -0.3 is 14.6 Å². The van der Waals surface area contributed by atoms with Gasteiger partial charge in [-0.25, -0.2) is 0 Å². The topological polar surface area (TPSA) is 38.7 Å². The lowest BCUT2D eigenvalue weighted by molar-refractivity contribution is 0.159. The summed E-state index contributed by atoms with van der Waals surface area (Å²) >= 11 is 0. The van der Waals surface area contributed by atoms with Crippen LogP contribution >= 0.6 is 0 Å². The number of aryl methyl sites for hydroxylation is 2. The zero-order valence-corrected chi connectivity index (χ0v) is 12.8. The van der Waals surface area contributed by atoms with Gasteiger partial charge in [-0.1, -0.05) is 35.9 Å². The molecule has 21 heavy (non-hydrogen) atoms. The third-order valence-electron chi connectivity index (χ3n) is 3.63. The van der Waals surface area contributed by atoms with E-state index in [9.17, 15) is 5.11 Å². The van der Waals surface area contributed by atoms with Gasteiger partial charge in [-0.2, -0.15) is 0 Å². The van der Waals surface area contributed by atoms with Crippen LogP contribution in [0.1, 0.15) is 29.2 Å². The standard InChI is InChI=1S/C18H22O3/c1-13-7-9-14(10-8-13)11-12-15(19)18-16(20-2)5-4-6-17(18)21-3/h4-10,15,19H,11-12H2,1-3H3. The van der Waals surface area contributed by atoms with Crippen LogP contribution in [0.5, 0.6) is 11.5 Å². The SMILES string of the molecule is COc1cccc(OC)c1C(O)CCc1ccc(C)cc1. The molecule has 0 aliphatic heterocycles. The normalized spacial score (nSPS) is 12.0. The van der Waals surface area contributed by atoms with Crippen molar-refractivity contribution in [3.05, 3.63) is 59.2 Å². The highest BCUT2D eigenvalue weighted by molar-refractivity contribution is 5.46. The van der Waals surface area contributed by atoms with E-state index < -0.39 is 6.10 Å². The molecule has 0 heterocycles. The molecule has 0 aliphatic carbocycles. The molecule has 1 unspecified atom stereocenters. The van der Waals surface area contributed by atoms with Gasteiger partial charge in [-0.05, 0) is 37.5 Å². The summed E-state index contributed by atoms with van der Waals surface area (Å²) < 4.78 is 10.7. The van der Waals surface area contributed by atoms with Crippen molar-refractivity contribution < 1.29 is 14.6 Å². The average Bonchev–Trinajstić information content (AvgIpc) is 2.53. The highest BCUT2D eigenvalue weighted by Gasteiger charge is 2.18. The highest BCUT2D eigenvalue weighted by atomic mass is 16.5. The summed E-state index contributed by atoms with van der Waals surface area (Å²) in [5, 5.41) is 10.5. The van der Waals surface area contributed by atoms with Gasteiger partial charge in [0.2, 0.25) is 0 Å². The van der Waals surface area contributed by atoms with Gasteiger partial charge in [-0.3, -0.25) is 0 Å². The lowest BCUT2D eigenvalue weighted by Gasteiger charge is -2.18.